The van der Waals surface area contributed by atoms with Crippen LogP contribution in [0.15, 0.2) is 106 Å². The van der Waals surface area contributed by atoms with Crippen LogP contribution >= 0.6 is 31.9 Å². The molecule has 5 aromatic carbocycles. The Balaban J connectivity index is 1.91. The molecule has 5 aromatic rings. The molecular formula is C29H16Br2O. The highest BCUT2D eigenvalue weighted by atomic mass is 79.9. The number of Topliss-reactive ketones (excluding diaryl/α,β-unsaturated/α-hetero) is 1. The van der Waals surface area contributed by atoms with E-state index >= 15 is 0 Å². The fraction of sp³-hybridized carbons (Fsp3) is 0. The number of hydrogen-bond donors (Lipinski definition) is 0. The number of hydrogen-bond acceptors (Lipinski definition) is 1. The van der Waals surface area contributed by atoms with Crippen molar-refractivity contribution in [2.75, 3.05) is 0 Å². The first-order valence-corrected chi connectivity index (χ1v) is 12.0. The Kier molecular flexibility index (Phi) is 4.63. The van der Waals surface area contributed by atoms with Crippen molar-refractivity contribution in [2.45, 2.75) is 0 Å². The Morgan fingerprint density at radius 3 is 1.16 bits per heavy atom. The average Bonchev–Trinajstić information content (AvgIpc) is 3.13. The number of ketones is 1. The minimum Gasteiger partial charge on any atom is -0.289 e. The maximum Gasteiger partial charge on any atom is 0.195 e. The molecule has 0 amide bonds. The monoisotopic (exact) mass is 538 g/mol. The third-order valence-electron chi connectivity index (χ3n) is 6.15. The van der Waals surface area contributed by atoms with Crippen molar-refractivity contribution in [2.24, 2.45) is 0 Å². The van der Waals surface area contributed by atoms with E-state index in [0.717, 1.165) is 52.4 Å². The van der Waals surface area contributed by atoms with Crippen LogP contribution in [0.2, 0.25) is 0 Å². The van der Waals surface area contributed by atoms with Gasteiger partial charge >= 0.3 is 0 Å². The van der Waals surface area contributed by atoms with E-state index in [1.807, 2.05) is 48.5 Å². The molecule has 0 heterocycles. The predicted molar refractivity (Wildman–Crippen MR) is 139 cm³/mol. The summed E-state index contributed by atoms with van der Waals surface area (Å²) in [5.41, 5.74) is 3.42. The van der Waals surface area contributed by atoms with Crippen molar-refractivity contribution < 1.29 is 4.79 Å². The number of fused-ring (bicyclic) bond motifs is 6. The molecule has 1 aliphatic rings. The van der Waals surface area contributed by atoms with Gasteiger partial charge in [0.15, 0.2) is 5.78 Å². The summed E-state index contributed by atoms with van der Waals surface area (Å²) in [6.07, 6.45) is 0. The quantitative estimate of drug-likeness (QED) is 0.234. The van der Waals surface area contributed by atoms with Crippen molar-refractivity contribution in [1.82, 2.24) is 0 Å². The Morgan fingerprint density at radius 2 is 0.781 bits per heavy atom. The third kappa shape index (κ3) is 2.92. The van der Waals surface area contributed by atoms with Crippen LogP contribution in [0.3, 0.4) is 0 Å². The molecule has 152 valence electrons. The molecule has 0 radical (unpaired) electrons. The van der Waals surface area contributed by atoms with Crippen molar-refractivity contribution in [1.29, 1.82) is 0 Å². The van der Waals surface area contributed by atoms with Crippen LogP contribution in [0.4, 0.5) is 0 Å². The first-order chi connectivity index (χ1) is 15.6. The third-order valence-corrected chi connectivity index (χ3v) is 7.21. The maximum atomic E-state index is 14.1. The molecule has 0 spiro atoms. The molecule has 0 aromatic heterocycles. The Labute approximate surface area is 202 Å². The first kappa shape index (κ1) is 19.7. The van der Waals surface area contributed by atoms with Gasteiger partial charge < -0.3 is 0 Å². The summed E-state index contributed by atoms with van der Waals surface area (Å²) in [5, 5.41) is 6.62. The van der Waals surface area contributed by atoms with Crippen LogP contribution in [-0.2, 0) is 4.79 Å². The molecule has 0 bridgehead atoms. The molecule has 0 fully saturated rings. The van der Waals surface area contributed by atoms with Gasteiger partial charge in [0.2, 0.25) is 0 Å². The van der Waals surface area contributed by atoms with Gasteiger partial charge in [-0.05, 0) is 56.9 Å². The van der Waals surface area contributed by atoms with Gasteiger partial charge in [-0.2, -0.15) is 0 Å². The summed E-state index contributed by atoms with van der Waals surface area (Å²) < 4.78 is 1.99. The van der Waals surface area contributed by atoms with E-state index in [4.69, 9.17) is 0 Å². The highest BCUT2D eigenvalue weighted by Gasteiger charge is 2.28. The molecule has 1 aliphatic carbocycles. The second kappa shape index (κ2) is 7.54. The lowest BCUT2D eigenvalue weighted by Crippen LogP contribution is -2.27. The van der Waals surface area contributed by atoms with Crippen molar-refractivity contribution in [3.63, 3.8) is 0 Å². The van der Waals surface area contributed by atoms with E-state index in [-0.39, 0.29) is 5.78 Å². The van der Waals surface area contributed by atoms with E-state index in [0.29, 0.717) is 0 Å². The van der Waals surface area contributed by atoms with Gasteiger partial charge in [-0.25, -0.2) is 0 Å². The first-order valence-electron chi connectivity index (χ1n) is 10.4. The van der Waals surface area contributed by atoms with Gasteiger partial charge in [-0.3, -0.25) is 4.79 Å². The van der Waals surface area contributed by atoms with Crippen molar-refractivity contribution in [3.05, 3.63) is 128 Å². The number of carbonyl (C=O) groups excluding carboxylic acids is 1. The number of halogens is 2. The fourth-order valence-electron chi connectivity index (χ4n) is 4.80. The Hall–Kier alpha value is -3.01. The Bertz CT molecular complexity index is 1550. The smallest absolute Gasteiger partial charge is 0.195 e. The maximum absolute atomic E-state index is 14.1. The van der Waals surface area contributed by atoms with Gasteiger partial charge in [-0.1, -0.05) is 105 Å². The largest absolute Gasteiger partial charge is 0.289 e. The highest BCUT2D eigenvalue weighted by Crippen LogP contribution is 2.30. The summed E-state index contributed by atoms with van der Waals surface area (Å²) in [5.74, 6) is 0.0751. The normalized spacial score (nSPS) is 13.2. The lowest BCUT2D eigenvalue weighted by molar-refractivity contribution is -0.108. The zero-order valence-corrected chi connectivity index (χ0v) is 20.1. The molecule has 6 rings (SSSR count). The lowest BCUT2D eigenvalue weighted by Gasteiger charge is -2.07. The highest BCUT2D eigenvalue weighted by molar-refractivity contribution is 9.10. The Morgan fingerprint density at radius 1 is 0.438 bits per heavy atom. The van der Waals surface area contributed by atoms with Gasteiger partial charge in [0.1, 0.15) is 0 Å². The van der Waals surface area contributed by atoms with Crippen LogP contribution in [0.5, 0.6) is 0 Å². The summed E-state index contributed by atoms with van der Waals surface area (Å²) in [6, 6.07) is 32.9. The van der Waals surface area contributed by atoms with E-state index in [1.165, 1.54) is 10.8 Å². The molecule has 0 N–H and O–H groups in total. The molecular weight excluding hydrogens is 524 g/mol. The second-order valence-electron chi connectivity index (χ2n) is 7.93. The zero-order valence-electron chi connectivity index (χ0n) is 16.9. The standard InChI is InChI=1S/C29H16Br2O/c30-19-13-9-17(10-14-19)25-27-23-7-3-1-5-21(23)22-6-2-4-8-24(22)28(27)26(29(25)32)18-11-15-20(31)16-12-18/h1-16H. The van der Waals surface area contributed by atoms with Gasteiger partial charge in [0.05, 0.1) is 0 Å². The molecule has 0 saturated carbocycles. The van der Waals surface area contributed by atoms with Gasteiger partial charge in [0.25, 0.3) is 0 Å². The van der Waals surface area contributed by atoms with Gasteiger partial charge in [-0.15, -0.1) is 0 Å². The molecule has 0 unspecified atom stereocenters. The molecule has 0 saturated heterocycles. The van der Waals surface area contributed by atoms with E-state index in [9.17, 15) is 4.79 Å². The van der Waals surface area contributed by atoms with Crippen molar-refractivity contribution >= 4 is 70.3 Å². The molecule has 1 nitrogen and oxygen atoms in total. The lowest BCUT2D eigenvalue weighted by atomic mass is 9.95. The van der Waals surface area contributed by atoms with E-state index in [2.05, 4.69) is 80.4 Å². The minimum absolute atomic E-state index is 0.0751. The van der Waals surface area contributed by atoms with E-state index < -0.39 is 0 Å². The second-order valence-corrected chi connectivity index (χ2v) is 9.77. The zero-order chi connectivity index (χ0) is 21.8. The number of benzene rings is 5. The van der Waals surface area contributed by atoms with Crippen LogP contribution < -0.4 is 10.4 Å². The van der Waals surface area contributed by atoms with Crippen LogP contribution in [0, 0.1) is 0 Å². The van der Waals surface area contributed by atoms with Crippen LogP contribution in [-0.4, -0.2) is 5.78 Å². The summed E-state index contributed by atoms with van der Waals surface area (Å²) in [4.78, 5) is 14.1. The fourth-order valence-corrected chi connectivity index (χ4v) is 5.33. The van der Waals surface area contributed by atoms with E-state index in [1.54, 1.807) is 0 Å². The van der Waals surface area contributed by atoms with Crippen molar-refractivity contribution in [3.8, 4) is 0 Å². The number of rotatable bonds is 2. The summed E-state index contributed by atoms with van der Waals surface area (Å²) >= 11 is 7.05. The SMILES string of the molecule is O=C1C(c2ccc(Br)cc2)=c2c(c3ccccc3c3ccccc23)=C1c1ccc(Br)cc1. The number of carbonyl (C=O) groups is 1. The minimum atomic E-state index is 0.0751. The predicted octanol–water partition coefficient (Wildman–Crippen LogP) is 6.50. The van der Waals surface area contributed by atoms with Crippen LogP contribution in [0.25, 0.3) is 32.7 Å². The van der Waals surface area contributed by atoms with Crippen LogP contribution in [0.1, 0.15) is 11.1 Å². The molecule has 0 atom stereocenters. The average molecular weight is 540 g/mol. The summed E-state index contributed by atoms with van der Waals surface area (Å²) in [6.45, 7) is 0. The molecule has 0 aliphatic heterocycles. The van der Waals surface area contributed by atoms with Gasteiger partial charge in [0, 0.05) is 30.5 Å². The molecule has 3 heteroatoms. The summed E-state index contributed by atoms with van der Waals surface area (Å²) in [7, 11) is 0. The molecule has 32 heavy (non-hydrogen) atoms. The topological polar surface area (TPSA) is 17.1 Å².